The van der Waals surface area contributed by atoms with Gasteiger partial charge in [-0.1, -0.05) is 44.2 Å². The van der Waals surface area contributed by atoms with Gasteiger partial charge < -0.3 is 4.90 Å². The van der Waals surface area contributed by atoms with E-state index in [0.717, 1.165) is 54.0 Å². The first kappa shape index (κ1) is 21.6. The van der Waals surface area contributed by atoms with Crippen LogP contribution in [0.2, 0.25) is 0 Å². The van der Waals surface area contributed by atoms with Gasteiger partial charge in [-0.2, -0.15) is 5.26 Å². The molecule has 0 N–H and O–H groups in total. The number of nitriles is 1. The van der Waals surface area contributed by atoms with Gasteiger partial charge in [0.25, 0.3) is 0 Å². The van der Waals surface area contributed by atoms with Crippen LogP contribution < -0.4 is 4.90 Å². The van der Waals surface area contributed by atoms with Gasteiger partial charge in [-0.05, 0) is 79.7 Å². The topological polar surface area (TPSA) is 39.4 Å². The average molecular weight is 398 g/mol. The van der Waals surface area contributed by atoms with E-state index in [1.165, 1.54) is 5.69 Å². The van der Waals surface area contributed by atoms with Gasteiger partial charge >= 0.3 is 0 Å². The van der Waals surface area contributed by atoms with Crippen LogP contribution in [0.5, 0.6) is 0 Å². The van der Waals surface area contributed by atoms with Crippen molar-refractivity contribution in [3.63, 3.8) is 0 Å². The Morgan fingerprint density at radius 2 is 1.70 bits per heavy atom. The molecule has 0 spiro atoms. The Hall–Kier alpha value is -3.12. The van der Waals surface area contributed by atoms with E-state index in [-0.39, 0.29) is 5.41 Å². The van der Waals surface area contributed by atoms with Crippen molar-refractivity contribution in [1.29, 1.82) is 5.26 Å². The molecule has 0 saturated carbocycles. The lowest BCUT2D eigenvalue weighted by molar-refractivity contribution is 0.376. The summed E-state index contributed by atoms with van der Waals surface area (Å²) in [4.78, 5) is 7.25. The summed E-state index contributed by atoms with van der Waals surface area (Å²) in [6.45, 7) is 10.8. The van der Waals surface area contributed by atoms with Gasteiger partial charge in [0.2, 0.25) is 0 Å². The van der Waals surface area contributed by atoms with Crippen molar-refractivity contribution in [1.82, 2.24) is 0 Å². The van der Waals surface area contributed by atoms with E-state index >= 15 is 0 Å². The van der Waals surface area contributed by atoms with Gasteiger partial charge in [-0.25, -0.2) is 0 Å². The van der Waals surface area contributed by atoms with E-state index in [1.807, 2.05) is 36.4 Å². The molecule has 0 radical (unpaired) electrons. The molecular weight excluding hydrogens is 366 g/mol. The molecule has 0 fully saturated rings. The van der Waals surface area contributed by atoms with Gasteiger partial charge in [0.15, 0.2) is 0 Å². The maximum Gasteiger partial charge on any atom is 0.0994 e. The molecule has 3 nitrogen and oxygen atoms in total. The van der Waals surface area contributed by atoms with E-state index < -0.39 is 0 Å². The van der Waals surface area contributed by atoms with Crippen LogP contribution in [0.25, 0.3) is 6.08 Å². The number of rotatable bonds is 6. The van der Waals surface area contributed by atoms with Crippen molar-refractivity contribution in [3.8, 4) is 6.07 Å². The number of allylic oxidation sites excluding steroid dienone is 3. The summed E-state index contributed by atoms with van der Waals surface area (Å²) in [5, 5.41) is 9.81. The van der Waals surface area contributed by atoms with E-state index in [4.69, 9.17) is 4.99 Å². The molecule has 3 heteroatoms. The van der Waals surface area contributed by atoms with E-state index in [2.05, 4.69) is 69.0 Å². The minimum absolute atomic E-state index is 0.0662. The SMILES string of the molecule is CCN(CC)c1ccc(/N=C2C=C(/C(C#N)=C/c3ccccc3)CC(C)(C)C/2)cc1. The summed E-state index contributed by atoms with van der Waals surface area (Å²) < 4.78 is 0. The molecule has 0 bridgehead atoms. The molecule has 30 heavy (non-hydrogen) atoms. The van der Waals surface area contributed by atoms with Crippen molar-refractivity contribution < 1.29 is 0 Å². The monoisotopic (exact) mass is 397 g/mol. The van der Waals surface area contributed by atoms with Crippen LogP contribution in [-0.2, 0) is 0 Å². The Kier molecular flexibility index (Phi) is 6.90. The first-order chi connectivity index (χ1) is 14.4. The molecular formula is C27H31N3. The van der Waals surface area contributed by atoms with Crippen LogP contribution in [0.4, 0.5) is 11.4 Å². The molecule has 0 heterocycles. The average Bonchev–Trinajstić information content (AvgIpc) is 2.73. The lowest BCUT2D eigenvalue weighted by atomic mass is 9.74. The van der Waals surface area contributed by atoms with Crippen molar-refractivity contribution in [2.45, 2.75) is 40.5 Å². The van der Waals surface area contributed by atoms with Crippen LogP contribution in [0.15, 0.2) is 76.8 Å². The second-order valence-corrected chi connectivity index (χ2v) is 8.56. The highest BCUT2D eigenvalue weighted by atomic mass is 15.1. The standard InChI is InChI=1S/C27H31N3/c1-5-30(6-2)26-14-12-24(13-15-26)29-25-17-22(18-27(3,4)19-25)23(20-28)16-21-10-8-7-9-11-21/h7-17H,5-6,18-19H2,1-4H3/b23-16+,29-25-. The maximum absolute atomic E-state index is 9.81. The first-order valence-corrected chi connectivity index (χ1v) is 10.7. The molecule has 0 saturated heterocycles. The van der Waals surface area contributed by atoms with E-state index in [9.17, 15) is 5.26 Å². The molecule has 154 valence electrons. The highest BCUT2D eigenvalue weighted by Crippen LogP contribution is 2.38. The molecule has 2 aromatic rings. The summed E-state index contributed by atoms with van der Waals surface area (Å²) in [7, 11) is 0. The van der Waals surface area contributed by atoms with Gasteiger partial charge in [0.1, 0.15) is 0 Å². The van der Waals surface area contributed by atoms with E-state index in [0.29, 0.717) is 0 Å². The molecule has 0 aromatic heterocycles. The largest absolute Gasteiger partial charge is 0.372 e. The first-order valence-electron chi connectivity index (χ1n) is 10.7. The maximum atomic E-state index is 9.81. The number of hydrogen-bond acceptors (Lipinski definition) is 3. The smallest absolute Gasteiger partial charge is 0.0994 e. The number of benzene rings is 2. The predicted octanol–water partition coefficient (Wildman–Crippen LogP) is 6.96. The molecule has 1 aliphatic carbocycles. The molecule has 1 aliphatic rings. The minimum Gasteiger partial charge on any atom is -0.372 e. The normalized spacial score (nSPS) is 17.4. The van der Waals surface area contributed by atoms with Crippen LogP contribution >= 0.6 is 0 Å². The third-order valence-corrected chi connectivity index (χ3v) is 5.50. The van der Waals surface area contributed by atoms with Crippen LogP contribution in [0.1, 0.15) is 46.1 Å². The molecule has 0 atom stereocenters. The Bertz CT molecular complexity index is 983. The minimum atomic E-state index is 0.0662. The van der Waals surface area contributed by atoms with Gasteiger partial charge in [0.05, 0.1) is 17.3 Å². The fourth-order valence-corrected chi connectivity index (χ4v) is 4.02. The van der Waals surface area contributed by atoms with Crippen molar-refractivity contribution in [2.75, 3.05) is 18.0 Å². The quantitative estimate of drug-likeness (QED) is 0.494. The van der Waals surface area contributed by atoms with Crippen molar-refractivity contribution in [2.24, 2.45) is 10.4 Å². The zero-order valence-electron chi connectivity index (χ0n) is 18.5. The molecule has 0 unspecified atom stereocenters. The molecule has 0 amide bonds. The van der Waals surface area contributed by atoms with Gasteiger partial charge in [-0.3, -0.25) is 4.99 Å². The number of nitrogens with zero attached hydrogens (tertiary/aromatic N) is 3. The van der Waals surface area contributed by atoms with Crippen molar-refractivity contribution in [3.05, 3.63) is 77.4 Å². The second kappa shape index (κ2) is 9.59. The van der Waals surface area contributed by atoms with Crippen LogP contribution in [0, 0.1) is 16.7 Å². The van der Waals surface area contributed by atoms with Crippen molar-refractivity contribution >= 4 is 23.2 Å². The Balaban J connectivity index is 1.92. The zero-order valence-corrected chi connectivity index (χ0v) is 18.5. The van der Waals surface area contributed by atoms with Gasteiger partial charge in [-0.15, -0.1) is 0 Å². The molecule has 0 aliphatic heterocycles. The Labute approximate surface area is 181 Å². The van der Waals surface area contributed by atoms with Gasteiger partial charge in [0, 0.05) is 24.5 Å². The summed E-state index contributed by atoms with van der Waals surface area (Å²) >= 11 is 0. The third-order valence-electron chi connectivity index (χ3n) is 5.50. The number of anilines is 1. The second-order valence-electron chi connectivity index (χ2n) is 8.56. The highest BCUT2D eigenvalue weighted by molar-refractivity contribution is 5.99. The van der Waals surface area contributed by atoms with E-state index in [1.54, 1.807) is 0 Å². The zero-order chi connectivity index (χ0) is 21.6. The number of aliphatic imine (C=N–C) groups is 1. The summed E-state index contributed by atoms with van der Waals surface area (Å²) in [6, 6.07) is 20.9. The van der Waals surface area contributed by atoms with Crippen LogP contribution in [0.3, 0.4) is 0 Å². The summed E-state index contributed by atoms with van der Waals surface area (Å²) in [5.74, 6) is 0. The Morgan fingerprint density at radius 3 is 2.30 bits per heavy atom. The molecule has 2 aromatic carbocycles. The fourth-order valence-electron chi connectivity index (χ4n) is 4.02. The fraction of sp³-hybridized carbons (Fsp3) is 0.333. The predicted molar refractivity (Wildman–Crippen MR) is 128 cm³/mol. The lowest BCUT2D eigenvalue weighted by Crippen LogP contribution is -2.22. The Morgan fingerprint density at radius 1 is 1.03 bits per heavy atom. The van der Waals surface area contributed by atoms with Crippen LogP contribution in [-0.4, -0.2) is 18.8 Å². The lowest BCUT2D eigenvalue weighted by Gasteiger charge is -2.30. The molecule has 3 rings (SSSR count). The summed E-state index contributed by atoms with van der Waals surface area (Å²) in [6.07, 6.45) is 5.86. The number of hydrogen-bond donors (Lipinski definition) is 0. The third kappa shape index (κ3) is 5.48. The highest BCUT2D eigenvalue weighted by Gasteiger charge is 2.28. The summed E-state index contributed by atoms with van der Waals surface area (Å²) in [5.41, 5.74) is 6.11.